The van der Waals surface area contributed by atoms with Gasteiger partial charge >= 0.3 is 0 Å². The molecule has 1 N–H and O–H groups in total. The van der Waals surface area contributed by atoms with Crippen molar-refractivity contribution in [3.63, 3.8) is 0 Å². The number of aromatic amines is 1. The minimum absolute atomic E-state index is 0.180. The summed E-state index contributed by atoms with van der Waals surface area (Å²) in [4.78, 5) is 23.7. The molecule has 0 saturated heterocycles. The monoisotopic (exact) mass is 302 g/mol. The summed E-state index contributed by atoms with van der Waals surface area (Å²) in [7, 11) is 0. The van der Waals surface area contributed by atoms with E-state index in [4.69, 9.17) is 0 Å². The topological polar surface area (TPSA) is 63.6 Å². The third-order valence-electron chi connectivity index (χ3n) is 3.76. The molecule has 4 rings (SSSR count). The van der Waals surface area contributed by atoms with Gasteiger partial charge in [-0.05, 0) is 5.56 Å². The molecule has 0 spiro atoms. The summed E-state index contributed by atoms with van der Waals surface area (Å²) in [5, 5.41) is 0. The maximum atomic E-state index is 12.3. The Bertz CT molecular complexity index is 1000. The van der Waals surface area contributed by atoms with Crippen molar-refractivity contribution in [3.05, 3.63) is 82.9 Å². The smallest absolute Gasteiger partial charge is 0.277 e. The number of hydrogen-bond donors (Lipinski definition) is 1. The van der Waals surface area contributed by atoms with Crippen molar-refractivity contribution in [1.82, 2.24) is 19.5 Å². The Hall–Kier alpha value is -3.21. The van der Waals surface area contributed by atoms with Crippen molar-refractivity contribution in [3.8, 4) is 11.4 Å². The number of aromatic nitrogens is 4. The zero-order chi connectivity index (χ0) is 15.6. The average Bonchev–Trinajstić information content (AvgIpc) is 2.96. The molecule has 0 aliphatic carbocycles. The van der Waals surface area contributed by atoms with Crippen LogP contribution < -0.4 is 5.56 Å². The molecular formula is C18H14N4O. The van der Waals surface area contributed by atoms with E-state index in [0.717, 1.165) is 17.0 Å². The molecule has 0 fully saturated rings. The zero-order valence-electron chi connectivity index (χ0n) is 12.3. The highest BCUT2D eigenvalue weighted by Crippen LogP contribution is 2.22. The fraction of sp³-hybridized carbons (Fsp3) is 0.0556. The van der Waals surface area contributed by atoms with E-state index in [1.807, 2.05) is 65.2 Å². The number of nitrogens with one attached hydrogen (secondary N) is 1. The summed E-state index contributed by atoms with van der Waals surface area (Å²) in [5.74, 6) is 0.744. The predicted octanol–water partition coefficient (Wildman–Crippen LogP) is 2.83. The summed E-state index contributed by atoms with van der Waals surface area (Å²) in [5.41, 5.74) is 2.84. The Kier molecular flexibility index (Phi) is 3.24. The van der Waals surface area contributed by atoms with E-state index in [9.17, 15) is 4.79 Å². The minimum atomic E-state index is -0.180. The molecule has 0 saturated carbocycles. The van der Waals surface area contributed by atoms with Gasteiger partial charge in [-0.15, -0.1) is 0 Å². The highest BCUT2D eigenvalue weighted by Gasteiger charge is 2.16. The Labute approximate surface area is 132 Å². The lowest BCUT2D eigenvalue weighted by atomic mass is 10.2. The maximum absolute atomic E-state index is 12.3. The van der Waals surface area contributed by atoms with Crippen LogP contribution in [0.2, 0.25) is 0 Å². The Morgan fingerprint density at radius 2 is 1.65 bits per heavy atom. The van der Waals surface area contributed by atoms with Crippen LogP contribution in [0.1, 0.15) is 5.56 Å². The number of imidazole rings is 1. The molecule has 0 aliphatic heterocycles. The molecule has 0 atom stereocenters. The van der Waals surface area contributed by atoms with E-state index in [1.54, 1.807) is 0 Å². The van der Waals surface area contributed by atoms with Crippen LogP contribution in [0.15, 0.2) is 71.8 Å². The molecule has 2 heterocycles. The van der Waals surface area contributed by atoms with Crippen LogP contribution in [0.4, 0.5) is 0 Å². The van der Waals surface area contributed by atoms with Gasteiger partial charge in [-0.2, -0.15) is 0 Å². The van der Waals surface area contributed by atoms with Gasteiger partial charge in [0.2, 0.25) is 0 Å². The lowest BCUT2D eigenvalue weighted by Gasteiger charge is -2.08. The summed E-state index contributed by atoms with van der Waals surface area (Å²) in [6, 6.07) is 19.8. The largest absolute Gasteiger partial charge is 0.314 e. The molecule has 0 bridgehead atoms. The van der Waals surface area contributed by atoms with Crippen molar-refractivity contribution >= 4 is 11.2 Å². The highest BCUT2D eigenvalue weighted by molar-refractivity contribution is 5.76. The first-order chi connectivity index (χ1) is 11.3. The number of benzene rings is 2. The Morgan fingerprint density at radius 1 is 0.957 bits per heavy atom. The van der Waals surface area contributed by atoms with E-state index in [-0.39, 0.29) is 5.56 Å². The van der Waals surface area contributed by atoms with Crippen molar-refractivity contribution in [1.29, 1.82) is 0 Å². The molecule has 112 valence electrons. The lowest BCUT2D eigenvalue weighted by molar-refractivity contribution is 0.829. The predicted molar refractivity (Wildman–Crippen MR) is 89.1 cm³/mol. The van der Waals surface area contributed by atoms with Crippen LogP contribution in [0.3, 0.4) is 0 Å². The molecule has 4 aromatic rings. The SMILES string of the molecule is O=c1[nH]cnc2nc(-c3ccccc3)n(Cc3ccccc3)c12. The number of fused-ring (bicyclic) bond motifs is 1. The van der Waals surface area contributed by atoms with Gasteiger partial charge in [-0.25, -0.2) is 9.97 Å². The first-order valence-corrected chi connectivity index (χ1v) is 7.36. The summed E-state index contributed by atoms with van der Waals surface area (Å²) < 4.78 is 1.92. The molecule has 2 aromatic carbocycles. The second-order valence-corrected chi connectivity index (χ2v) is 5.28. The van der Waals surface area contributed by atoms with Crippen LogP contribution in [0.5, 0.6) is 0 Å². The molecule has 5 nitrogen and oxygen atoms in total. The first kappa shape index (κ1) is 13.5. The standard InChI is InChI=1S/C18H14N4O/c23-18-15-16(19-12-20-18)21-17(14-9-5-2-6-10-14)22(15)11-13-7-3-1-4-8-13/h1-10,12H,11H2,(H,19,20,23). The molecular weight excluding hydrogens is 288 g/mol. The quantitative estimate of drug-likeness (QED) is 0.633. The fourth-order valence-corrected chi connectivity index (χ4v) is 2.70. The van der Waals surface area contributed by atoms with E-state index in [0.29, 0.717) is 17.7 Å². The molecule has 2 aromatic heterocycles. The average molecular weight is 302 g/mol. The van der Waals surface area contributed by atoms with Gasteiger partial charge in [-0.3, -0.25) is 4.79 Å². The van der Waals surface area contributed by atoms with Gasteiger partial charge in [0.15, 0.2) is 11.2 Å². The second-order valence-electron chi connectivity index (χ2n) is 5.28. The van der Waals surface area contributed by atoms with Crippen molar-refractivity contribution in [2.45, 2.75) is 6.54 Å². The molecule has 0 aliphatic rings. The minimum Gasteiger partial charge on any atom is -0.314 e. The van der Waals surface area contributed by atoms with Crippen LogP contribution >= 0.6 is 0 Å². The van der Waals surface area contributed by atoms with Crippen molar-refractivity contribution < 1.29 is 0 Å². The van der Waals surface area contributed by atoms with Crippen LogP contribution in [-0.4, -0.2) is 19.5 Å². The number of rotatable bonds is 3. The Morgan fingerprint density at radius 3 is 2.39 bits per heavy atom. The molecule has 5 heteroatoms. The van der Waals surface area contributed by atoms with E-state index >= 15 is 0 Å². The molecule has 0 unspecified atom stereocenters. The second kappa shape index (κ2) is 5.53. The van der Waals surface area contributed by atoms with Crippen LogP contribution in [0, 0.1) is 0 Å². The number of hydrogen-bond acceptors (Lipinski definition) is 3. The lowest BCUT2D eigenvalue weighted by Crippen LogP contribution is -2.12. The number of nitrogens with zero attached hydrogens (tertiary/aromatic N) is 3. The van der Waals surface area contributed by atoms with E-state index < -0.39 is 0 Å². The van der Waals surface area contributed by atoms with Crippen LogP contribution in [-0.2, 0) is 6.54 Å². The van der Waals surface area contributed by atoms with Crippen molar-refractivity contribution in [2.75, 3.05) is 0 Å². The normalized spacial score (nSPS) is 11.0. The third kappa shape index (κ3) is 2.42. The van der Waals surface area contributed by atoms with Gasteiger partial charge in [0, 0.05) is 12.1 Å². The van der Waals surface area contributed by atoms with Gasteiger partial charge in [0.05, 0.1) is 6.33 Å². The van der Waals surface area contributed by atoms with Gasteiger partial charge in [0.25, 0.3) is 5.56 Å². The van der Waals surface area contributed by atoms with Gasteiger partial charge < -0.3 is 9.55 Å². The number of H-pyrrole nitrogens is 1. The molecule has 0 amide bonds. The van der Waals surface area contributed by atoms with Crippen molar-refractivity contribution in [2.24, 2.45) is 0 Å². The molecule has 23 heavy (non-hydrogen) atoms. The van der Waals surface area contributed by atoms with E-state index in [1.165, 1.54) is 6.33 Å². The first-order valence-electron chi connectivity index (χ1n) is 7.36. The fourth-order valence-electron chi connectivity index (χ4n) is 2.70. The highest BCUT2D eigenvalue weighted by atomic mass is 16.1. The van der Waals surface area contributed by atoms with Gasteiger partial charge in [-0.1, -0.05) is 60.7 Å². The molecule has 0 radical (unpaired) electrons. The van der Waals surface area contributed by atoms with E-state index in [2.05, 4.69) is 15.0 Å². The zero-order valence-corrected chi connectivity index (χ0v) is 12.3. The summed E-state index contributed by atoms with van der Waals surface area (Å²) in [6.45, 7) is 0.566. The Balaban J connectivity index is 1.97. The maximum Gasteiger partial charge on any atom is 0.277 e. The van der Waals surface area contributed by atoms with Gasteiger partial charge in [0.1, 0.15) is 5.82 Å². The van der Waals surface area contributed by atoms with Crippen LogP contribution in [0.25, 0.3) is 22.6 Å². The third-order valence-corrected chi connectivity index (χ3v) is 3.76. The summed E-state index contributed by atoms with van der Waals surface area (Å²) >= 11 is 0. The summed E-state index contributed by atoms with van der Waals surface area (Å²) in [6.07, 6.45) is 1.39.